The van der Waals surface area contributed by atoms with Gasteiger partial charge in [-0.05, 0) is 95.5 Å². The minimum absolute atomic E-state index is 0.114. The van der Waals surface area contributed by atoms with Gasteiger partial charge in [-0.3, -0.25) is 0 Å². The predicted molar refractivity (Wildman–Crippen MR) is 219 cm³/mol. The van der Waals surface area contributed by atoms with Crippen molar-refractivity contribution >= 4 is 51.8 Å². The van der Waals surface area contributed by atoms with Crippen LogP contribution < -0.4 is 0 Å². The van der Waals surface area contributed by atoms with E-state index in [4.69, 9.17) is 12.6 Å². The van der Waals surface area contributed by atoms with E-state index in [2.05, 4.69) is 188 Å². The van der Waals surface area contributed by atoms with Crippen LogP contribution in [0.25, 0.3) is 50.3 Å². The Morgan fingerprint density at radius 2 is 1.24 bits per heavy atom. The Kier molecular flexibility index (Phi) is 8.87. The Bertz CT molecular complexity index is 2300. The Hall–Kier alpha value is -5.31. The molecule has 6 aromatic carbocycles. The van der Waals surface area contributed by atoms with Gasteiger partial charge >= 0.3 is 0 Å². The molecule has 244 valence electrons. The van der Waals surface area contributed by atoms with Gasteiger partial charge < -0.3 is 4.57 Å². The molecular weight excluding hydrogens is 623 g/mol. The van der Waals surface area contributed by atoms with Gasteiger partial charge in [0.2, 0.25) is 0 Å². The zero-order chi connectivity index (χ0) is 34.0. The molecule has 1 heterocycles. The van der Waals surface area contributed by atoms with Crippen molar-refractivity contribution < 1.29 is 0 Å². The summed E-state index contributed by atoms with van der Waals surface area (Å²) in [6.45, 7) is 4.24. The first-order valence-corrected chi connectivity index (χ1v) is 18.2. The molecule has 0 bridgehead atoms. The highest BCUT2D eigenvalue weighted by Gasteiger charge is 2.27. The number of nitrogens with zero attached hydrogens (tertiary/aromatic N) is 1. The van der Waals surface area contributed by atoms with E-state index in [9.17, 15) is 0 Å². The summed E-state index contributed by atoms with van der Waals surface area (Å²) in [7, 11) is 0. The van der Waals surface area contributed by atoms with Crippen LogP contribution in [0.5, 0.6) is 0 Å². The molecule has 0 amide bonds. The summed E-state index contributed by atoms with van der Waals surface area (Å²) in [5.41, 5.74) is 15.4. The second-order valence-corrected chi connectivity index (χ2v) is 13.9. The van der Waals surface area contributed by atoms with Gasteiger partial charge in [0.25, 0.3) is 0 Å². The fourth-order valence-electron chi connectivity index (χ4n) is 7.72. The second-order valence-electron chi connectivity index (χ2n) is 13.4. The molecule has 8 rings (SSSR count). The van der Waals surface area contributed by atoms with E-state index in [-0.39, 0.29) is 5.25 Å². The number of rotatable bonds is 9. The first-order valence-electron chi connectivity index (χ1n) is 17.7. The smallest absolute Gasteiger partial charge is 0.0540 e. The van der Waals surface area contributed by atoms with E-state index in [0.717, 1.165) is 18.5 Å². The molecule has 1 nitrogen and oxygen atoms in total. The summed E-state index contributed by atoms with van der Waals surface area (Å²) in [5.74, 6) is 0.432. The third kappa shape index (κ3) is 6.06. The number of aromatic nitrogens is 1. The number of hydrogen-bond acceptors (Lipinski definition) is 1. The Balaban J connectivity index is 1.08. The monoisotopic (exact) mass is 663 g/mol. The van der Waals surface area contributed by atoms with Crippen LogP contribution in [-0.4, -0.2) is 9.82 Å². The maximum atomic E-state index is 5.23. The SMILES string of the molecule is C/C=C(\C=C/C(S)/C(=C\c1ccc(C)cc1)c1ccc(CCC2c3ccccc3-c3ccccc32)cc1)n1c2ccccc2c2ccccc21. The quantitative estimate of drug-likeness (QED) is 0.0891. The number of para-hydroxylation sites is 2. The number of fused-ring (bicyclic) bond motifs is 6. The van der Waals surface area contributed by atoms with Crippen molar-refractivity contribution in [3.8, 4) is 11.1 Å². The van der Waals surface area contributed by atoms with Crippen molar-refractivity contribution in [2.45, 2.75) is 37.9 Å². The van der Waals surface area contributed by atoms with Gasteiger partial charge in [0.1, 0.15) is 0 Å². The lowest BCUT2D eigenvalue weighted by atomic mass is 9.90. The maximum Gasteiger partial charge on any atom is 0.0540 e. The summed E-state index contributed by atoms with van der Waals surface area (Å²) in [6.07, 6.45) is 11.1. The molecule has 1 atom stereocenters. The molecule has 1 aliphatic rings. The average molecular weight is 664 g/mol. The standard InChI is InChI=1S/C48H41NS/c1-3-37(49-46-18-10-8-16-43(46)44-17-9-11-19-47(44)49)29-31-48(50)45(32-35-22-20-33(2)21-23-35)36-27-24-34(25-28-36)26-30-42-40-14-6-4-12-38(40)39-13-5-7-15-41(39)42/h3-25,27-29,31-32,42,48,50H,26,30H2,1-2H3/b31-29-,37-3+,45-32-. The molecule has 50 heavy (non-hydrogen) atoms. The molecule has 0 aliphatic heterocycles. The second kappa shape index (κ2) is 13.9. The highest BCUT2D eigenvalue weighted by atomic mass is 32.1. The molecule has 0 N–H and O–H groups in total. The summed E-state index contributed by atoms with van der Waals surface area (Å²) >= 11 is 5.23. The van der Waals surface area contributed by atoms with E-state index in [0.29, 0.717) is 5.92 Å². The third-order valence-corrected chi connectivity index (χ3v) is 10.7. The highest BCUT2D eigenvalue weighted by molar-refractivity contribution is 7.81. The summed E-state index contributed by atoms with van der Waals surface area (Å²) in [5, 5.41) is 2.41. The van der Waals surface area contributed by atoms with Crippen LogP contribution >= 0.6 is 12.6 Å². The lowest BCUT2D eigenvalue weighted by Gasteiger charge is -2.16. The van der Waals surface area contributed by atoms with Crippen LogP contribution in [0.3, 0.4) is 0 Å². The molecule has 1 aromatic heterocycles. The molecular formula is C48H41NS. The normalized spacial score (nSPS) is 14.1. The molecule has 0 fully saturated rings. The third-order valence-electron chi connectivity index (χ3n) is 10.3. The highest BCUT2D eigenvalue weighted by Crippen LogP contribution is 2.46. The largest absolute Gasteiger partial charge is 0.310 e. The van der Waals surface area contributed by atoms with Crippen molar-refractivity contribution in [1.82, 2.24) is 4.57 Å². The van der Waals surface area contributed by atoms with Gasteiger partial charge in [0.05, 0.1) is 11.0 Å². The summed E-state index contributed by atoms with van der Waals surface area (Å²) < 4.78 is 2.36. The molecule has 0 radical (unpaired) electrons. The van der Waals surface area contributed by atoms with Crippen molar-refractivity contribution in [1.29, 1.82) is 0 Å². The molecule has 0 saturated carbocycles. The van der Waals surface area contributed by atoms with Gasteiger partial charge in [-0.2, -0.15) is 12.6 Å². The van der Waals surface area contributed by atoms with Crippen LogP contribution in [0.2, 0.25) is 0 Å². The van der Waals surface area contributed by atoms with Gasteiger partial charge in [0.15, 0.2) is 0 Å². The lowest BCUT2D eigenvalue weighted by molar-refractivity contribution is 0.729. The number of allylic oxidation sites excluding steroid dienone is 3. The Morgan fingerprint density at radius 1 is 0.680 bits per heavy atom. The molecule has 2 heteroatoms. The molecule has 7 aromatic rings. The van der Waals surface area contributed by atoms with E-state index in [1.165, 1.54) is 71.9 Å². The zero-order valence-corrected chi connectivity index (χ0v) is 29.5. The lowest BCUT2D eigenvalue weighted by Crippen LogP contribution is -2.02. The van der Waals surface area contributed by atoms with Crippen molar-refractivity contribution in [3.05, 3.63) is 197 Å². The molecule has 0 saturated heterocycles. The van der Waals surface area contributed by atoms with E-state index >= 15 is 0 Å². The topological polar surface area (TPSA) is 4.93 Å². The van der Waals surface area contributed by atoms with E-state index in [1.807, 2.05) is 0 Å². The first kappa shape index (κ1) is 31.9. The molecule has 1 unspecified atom stereocenters. The van der Waals surface area contributed by atoms with Crippen LogP contribution in [-0.2, 0) is 6.42 Å². The molecule has 1 aliphatic carbocycles. The average Bonchev–Trinajstić information content (AvgIpc) is 3.67. The Labute approximate surface area is 301 Å². The van der Waals surface area contributed by atoms with Crippen LogP contribution in [0.1, 0.15) is 52.6 Å². The first-order chi connectivity index (χ1) is 24.6. The van der Waals surface area contributed by atoms with Gasteiger partial charge in [-0.15, -0.1) is 0 Å². The van der Waals surface area contributed by atoms with E-state index in [1.54, 1.807) is 0 Å². The fraction of sp³-hybridized carbons (Fsp3) is 0.125. The van der Waals surface area contributed by atoms with Crippen LogP contribution in [0, 0.1) is 6.92 Å². The predicted octanol–water partition coefficient (Wildman–Crippen LogP) is 12.8. The van der Waals surface area contributed by atoms with E-state index < -0.39 is 0 Å². The van der Waals surface area contributed by atoms with Crippen molar-refractivity contribution in [2.24, 2.45) is 0 Å². The molecule has 0 spiro atoms. The maximum absolute atomic E-state index is 5.23. The number of aryl methyl sites for hydroxylation is 2. The van der Waals surface area contributed by atoms with Gasteiger partial charge in [-0.1, -0.05) is 151 Å². The zero-order valence-electron chi connectivity index (χ0n) is 28.6. The summed E-state index contributed by atoms with van der Waals surface area (Å²) in [4.78, 5) is 0. The number of hydrogen-bond donors (Lipinski definition) is 1. The number of thiol groups is 1. The fourth-order valence-corrected chi connectivity index (χ4v) is 8.03. The minimum atomic E-state index is -0.114. The van der Waals surface area contributed by atoms with Crippen molar-refractivity contribution in [3.63, 3.8) is 0 Å². The van der Waals surface area contributed by atoms with Gasteiger partial charge in [0, 0.05) is 27.6 Å². The Morgan fingerprint density at radius 3 is 1.84 bits per heavy atom. The van der Waals surface area contributed by atoms with Crippen molar-refractivity contribution in [2.75, 3.05) is 0 Å². The van der Waals surface area contributed by atoms with Crippen LogP contribution in [0.4, 0.5) is 0 Å². The minimum Gasteiger partial charge on any atom is -0.310 e. The van der Waals surface area contributed by atoms with Crippen LogP contribution in [0.15, 0.2) is 164 Å². The number of benzene rings is 6. The summed E-state index contributed by atoms with van der Waals surface area (Å²) in [6, 6.07) is 53.1. The van der Waals surface area contributed by atoms with Gasteiger partial charge in [-0.25, -0.2) is 0 Å².